The third-order valence-electron chi connectivity index (χ3n) is 15.4. The van der Waals surface area contributed by atoms with Crippen LogP contribution >= 0.6 is 0 Å². The number of carbonyl (C=O) groups is 4. The molecule has 0 N–H and O–H groups in total. The fourth-order valence-corrected chi connectivity index (χ4v) is 15.7. The molecular weight excluding hydrogens is 1140 g/mol. The Morgan fingerprint density at radius 1 is 0.416 bits per heavy atom. The molecule has 8 aromatic carbocycles. The molecule has 0 aromatic heterocycles. The van der Waals surface area contributed by atoms with Crippen LogP contribution in [0.15, 0.2) is 243 Å². The molecule has 89 heavy (non-hydrogen) atoms. The lowest BCUT2D eigenvalue weighted by atomic mass is 9.96. The molecule has 16 heteroatoms. The van der Waals surface area contributed by atoms with Crippen LogP contribution in [-0.2, 0) is 65.0 Å². The van der Waals surface area contributed by atoms with Crippen molar-refractivity contribution < 1.29 is 71.0 Å². The van der Waals surface area contributed by atoms with Gasteiger partial charge in [0.1, 0.15) is 43.7 Å². The van der Waals surface area contributed by atoms with Gasteiger partial charge in [0, 0.05) is 0 Å². The highest BCUT2D eigenvalue weighted by Gasteiger charge is 2.58. The summed E-state index contributed by atoms with van der Waals surface area (Å²) in [6.07, 6.45) is -8.65. The first-order valence-corrected chi connectivity index (χ1v) is 31.4. The number of benzene rings is 8. The molecule has 0 unspecified atom stereocenters. The van der Waals surface area contributed by atoms with Gasteiger partial charge in [-0.2, -0.15) is 0 Å². The highest BCUT2D eigenvalue weighted by molar-refractivity contribution is 6.99. The number of rotatable bonds is 24. The highest BCUT2D eigenvalue weighted by Crippen LogP contribution is 2.40. The molecule has 0 amide bonds. The first-order chi connectivity index (χ1) is 43.4. The van der Waals surface area contributed by atoms with E-state index in [0.717, 1.165) is 21.5 Å². The van der Waals surface area contributed by atoms with Gasteiger partial charge < -0.3 is 51.8 Å². The average Bonchev–Trinajstić information content (AvgIpc) is 1.13. The van der Waals surface area contributed by atoms with Crippen molar-refractivity contribution in [3.05, 3.63) is 276 Å². The normalized spacial score (nSPS) is 21.7. The molecule has 2 fully saturated rings. The lowest BCUT2D eigenvalue weighted by molar-refractivity contribution is -0.371. The van der Waals surface area contributed by atoms with E-state index >= 15 is 0 Å². The summed E-state index contributed by atoms with van der Waals surface area (Å²) in [6, 6.07) is 72.1. The zero-order chi connectivity index (χ0) is 62.0. The van der Waals surface area contributed by atoms with E-state index in [1.807, 2.05) is 97.1 Å². The van der Waals surface area contributed by atoms with Gasteiger partial charge in [0.15, 0.2) is 30.9 Å². The fourth-order valence-electron chi connectivity index (χ4n) is 11.1. The second-order valence-electron chi connectivity index (χ2n) is 22.4. The maximum Gasteiger partial charge on any atom is 0.338 e. The predicted octanol–water partition coefficient (Wildman–Crippen LogP) is 10.8. The summed E-state index contributed by atoms with van der Waals surface area (Å²) in [7, 11) is -3.29. The van der Waals surface area contributed by atoms with Crippen molar-refractivity contribution in [1.82, 2.24) is 0 Å². The quantitative estimate of drug-likeness (QED) is 0.0242. The van der Waals surface area contributed by atoms with Gasteiger partial charge in [-0.25, -0.2) is 19.2 Å². The van der Waals surface area contributed by atoms with Gasteiger partial charge in [0.25, 0.3) is 8.32 Å². The highest BCUT2D eigenvalue weighted by atomic mass is 28.4. The minimum atomic E-state index is -3.29. The van der Waals surface area contributed by atoms with Crippen molar-refractivity contribution in [1.29, 1.82) is 0 Å². The second-order valence-corrected chi connectivity index (χ2v) is 26.7. The Hall–Kier alpha value is -8.86. The van der Waals surface area contributed by atoms with E-state index < -0.39 is 105 Å². The minimum absolute atomic E-state index is 0.00550. The van der Waals surface area contributed by atoms with E-state index in [-0.39, 0.29) is 48.7 Å². The molecule has 0 spiro atoms. The SMILES string of the molecule is C#CCO[C@H]1O[C@H](CO[Si](c2ccccc2)(c2ccccc2)C(C)(C)C)[C@@H](OCc2ccccc2)[C@H](OCc2ccccc2)[C@H]1O[C@@H]1O[C@H](COC(=O)c2ccccc2)[C@@H](OC(=O)c2ccccc2)[C@H](OC(=O)c2ccccc2)[C@H]1OC(=O)c1ccccc1. The summed E-state index contributed by atoms with van der Waals surface area (Å²) in [5.74, 6) is -0.825. The molecule has 2 saturated heterocycles. The van der Waals surface area contributed by atoms with Gasteiger partial charge in [0.2, 0.25) is 0 Å². The number of hydrogen-bond acceptors (Lipinski definition) is 15. The van der Waals surface area contributed by atoms with Gasteiger partial charge >= 0.3 is 23.9 Å². The van der Waals surface area contributed by atoms with Crippen LogP contribution in [0.2, 0.25) is 5.04 Å². The van der Waals surface area contributed by atoms with E-state index in [0.29, 0.717) is 0 Å². The number of terminal acetylenes is 1. The van der Waals surface area contributed by atoms with Crippen molar-refractivity contribution in [2.24, 2.45) is 0 Å². The zero-order valence-electron chi connectivity index (χ0n) is 49.6. The molecule has 10 atom stereocenters. The first kappa shape index (κ1) is 63.2. The van der Waals surface area contributed by atoms with Gasteiger partial charge in [-0.05, 0) is 75.1 Å². The Balaban J connectivity index is 1.12. The predicted molar refractivity (Wildman–Crippen MR) is 334 cm³/mol. The molecule has 15 nitrogen and oxygen atoms in total. The summed E-state index contributed by atoms with van der Waals surface area (Å²) >= 11 is 0. The van der Waals surface area contributed by atoms with Crippen molar-refractivity contribution in [2.75, 3.05) is 19.8 Å². The van der Waals surface area contributed by atoms with Crippen molar-refractivity contribution in [2.45, 2.75) is 100 Å². The Morgan fingerprint density at radius 2 is 0.787 bits per heavy atom. The van der Waals surface area contributed by atoms with Crippen LogP contribution in [-0.4, -0.2) is 113 Å². The number of carbonyl (C=O) groups excluding carboxylic acids is 4. The van der Waals surface area contributed by atoms with E-state index in [2.05, 4.69) is 51.0 Å². The Labute approximate surface area is 519 Å². The van der Waals surface area contributed by atoms with Crippen molar-refractivity contribution in [3.63, 3.8) is 0 Å². The van der Waals surface area contributed by atoms with Crippen LogP contribution in [0.1, 0.15) is 73.3 Å². The average molecular weight is 1220 g/mol. The van der Waals surface area contributed by atoms with Crippen LogP contribution in [0.5, 0.6) is 0 Å². The summed E-state index contributed by atoms with van der Waals surface area (Å²) in [4.78, 5) is 57.8. The summed E-state index contributed by atoms with van der Waals surface area (Å²) in [5, 5.41) is 1.60. The third-order valence-corrected chi connectivity index (χ3v) is 20.4. The Morgan fingerprint density at radius 3 is 1.22 bits per heavy atom. The zero-order valence-corrected chi connectivity index (χ0v) is 50.6. The monoisotopic (exact) mass is 1210 g/mol. The Kier molecular flexibility index (Phi) is 21.6. The van der Waals surface area contributed by atoms with Gasteiger partial charge in [0.05, 0.1) is 42.1 Å². The topological polar surface area (TPSA) is 170 Å². The van der Waals surface area contributed by atoms with Gasteiger partial charge in [-0.3, -0.25) is 0 Å². The summed E-state index contributed by atoms with van der Waals surface area (Å²) in [5.41, 5.74) is 2.16. The number of hydrogen-bond donors (Lipinski definition) is 0. The molecule has 0 aliphatic carbocycles. The number of esters is 4. The lowest BCUT2D eigenvalue weighted by Crippen LogP contribution is -2.69. The molecule has 0 saturated carbocycles. The van der Waals surface area contributed by atoms with E-state index in [1.165, 1.54) is 12.1 Å². The summed E-state index contributed by atoms with van der Waals surface area (Å²) < 4.78 is 75.2. The smallest absolute Gasteiger partial charge is 0.338 e. The minimum Gasteiger partial charge on any atom is -0.459 e. The van der Waals surface area contributed by atoms with Crippen LogP contribution in [0.4, 0.5) is 0 Å². The molecule has 2 aliphatic rings. The van der Waals surface area contributed by atoms with Crippen LogP contribution in [0.3, 0.4) is 0 Å². The van der Waals surface area contributed by atoms with E-state index in [9.17, 15) is 19.2 Å². The number of ether oxygens (including phenoxy) is 10. The van der Waals surface area contributed by atoms with Crippen molar-refractivity contribution >= 4 is 42.6 Å². The lowest BCUT2D eigenvalue weighted by Gasteiger charge is -2.50. The molecule has 8 aromatic rings. The largest absolute Gasteiger partial charge is 0.459 e. The van der Waals surface area contributed by atoms with E-state index in [4.69, 9.17) is 58.2 Å². The van der Waals surface area contributed by atoms with E-state index in [1.54, 1.807) is 109 Å². The fraction of sp³-hybridized carbons (Fsp3) is 0.260. The van der Waals surface area contributed by atoms with Crippen LogP contribution < -0.4 is 10.4 Å². The summed E-state index contributed by atoms with van der Waals surface area (Å²) in [6.45, 7) is 5.64. The molecule has 0 bridgehead atoms. The maximum atomic E-state index is 14.8. The molecular formula is C73H70O15Si. The van der Waals surface area contributed by atoms with Gasteiger partial charge in [-0.15, -0.1) is 6.42 Å². The molecule has 0 radical (unpaired) electrons. The van der Waals surface area contributed by atoms with Crippen LogP contribution in [0, 0.1) is 12.3 Å². The molecule has 10 rings (SSSR count). The molecule has 2 aliphatic heterocycles. The van der Waals surface area contributed by atoms with Gasteiger partial charge in [-0.1, -0.05) is 221 Å². The first-order valence-electron chi connectivity index (χ1n) is 29.5. The standard InChI is InChI=1S/C73H70O15Si/c1-5-46-78-71-65(63(80-48-52-32-16-7-17-33-52)61(79-47-51-30-14-6-15-31-51)60(83-71)50-82-89(73(2,3)4,57-42-26-12-27-43-57)58-44-28-13-29-45-58)88-72-66(87-70(77)56-40-24-11-25-41-56)64(86-69(76)55-38-22-10-23-39-55)62(85-68(75)54-36-20-9-21-37-54)59(84-72)49-81-67(74)53-34-18-8-19-35-53/h1,6-45,59-66,71-72H,46-50H2,2-4H3/t59-,60-,61-,62-,63+,64+,65-,66-,71+,72+/m1/s1. The Bertz CT molecular complexity index is 3520. The second kappa shape index (κ2) is 30.4. The molecule has 2 heterocycles. The third kappa shape index (κ3) is 15.7. The molecule has 456 valence electrons. The maximum absolute atomic E-state index is 14.8. The van der Waals surface area contributed by atoms with Crippen LogP contribution in [0.25, 0.3) is 0 Å². The van der Waals surface area contributed by atoms with Crippen molar-refractivity contribution in [3.8, 4) is 12.3 Å².